The lowest BCUT2D eigenvalue weighted by Crippen LogP contribution is -2.03. The van der Waals surface area contributed by atoms with Gasteiger partial charge in [0, 0.05) is 17.5 Å². The van der Waals surface area contributed by atoms with Crippen LogP contribution in [0.1, 0.15) is 5.56 Å². The lowest BCUT2D eigenvalue weighted by molar-refractivity contribution is 0.666. The molecule has 0 aliphatic rings. The van der Waals surface area contributed by atoms with Gasteiger partial charge in [0.25, 0.3) is 0 Å². The van der Waals surface area contributed by atoms with Gasteiger partial charge in [0.15, 0.2) is 17.2 Å². The van der Waals surface area contributed by atoms with Gasteiger partial charge in [-0.15, -0.1) is 0 Å². The third-order valence-electron chi connectivity index (χ3n) is 4.55. The average molecular weight is 351 g/mol. The van der Waals surface area contributed by atoms with E-state index in [4.69, 9.17) is 14.4 Å². The second-order valence-corrected chi connectivity index (χ2v) is 6.38. The highest BCUT2D eigenvalue weighted by molar-refractivity contribution is 6.06. The van der Waals surface area contributed by atoms with E-state index in [1.165, 1.54) is 5.56 Å². The molecule has 3 aromatic carbocycles. The van der Waals surface area contributed by atoms with Gasteiger partial charge < -0.3 is 9.73 Å². The molecule has 0 atom stereocenters. The van der Waals surface area contributed by atoms with Gasteiger partial charge in [-0.05, 0) is 17.7 Å². The molecule has 2 heterocycles. The van der Waals surface area contributed by atoms with E-state index in [0.717, 1.165) is 22.0 Å². The molecule has 0 unspecified atom stereocenters. The molecule has 0 aliphatic carbocycles. The molecule has 0 amide bonds. The molecule has 5 aromatic rings. The summed E-state index contributed by atoms with van der Waals surface area (Å²) in [6.07, 6.45) is 0. The summed E-state index contributed by atoms with van der Waals surface area (Å²) in [6, 6.07) is 28.2. The standard InChI is InChI=1S/C23H17N3O/c1-3-9-16(10-4-1)15-24-23-21-20(18-13-7-8-14-19(18)27-21)25-22(26-23)17-11-5-2-6-12-17/h1-14H,15H2,(H,24,25,26). The highest BCUT2D eigenvalue weighted by Gasteiger charge is 2.16. The Morgan fingerprint density at radius 1 is 0.741 bits per heavy atom. The van der Waals surface area contributed by atoms with Crippen molar-refractivity contribution < 1.29 is 4.42 Å². The zero-order valence-corrected chi connectivity index (χ0v) is 14.6. The van der Waals surface area contributed by atoms with Crippen LogP contribution < -0.4 is 5.32 Å². The highest BCUT2D eigenvalue weighted by Crippen LogP contribution is 2.33. The quantitative estimate of drug-likeness (QED) is 0.454. The zero-order chi connectivity index (χ0) is 18.1. The number of nitrogens with zero attached hydrogens (tertiary/aromatic N) is 2. The van der Waals surface area contributed by atoms with Crippen LogP contribution in [0.15, 0.2) is 89.3 Å². The van der Waals surface area contributed by atoms with Gasteiger partial charge in [-0.1, -0.05) is 72.8 Å². The third-order valence-corrected chi connectivity index (χ3v) is 4.55. The SMILES string of the molecule is c1ccc(CNc2nc(-c3ccccc3)nc3c2oc2ccccc23)cc1. The van der Waals surface area contributed by atoms with Crippen molar-refractivity contribution in [1.82, 2.24) is 9.97 Å². The minimum absolute atomic E-state index is 0.665. The van der Waals surface area contributed by atoms with E-state index in [1.807, 2.05) is 72.8 Å². The molecule has 0 radical (unpaired) electrons. The second-order valence-electron chi connectivity index (χ2n) is 6.38. The van der Waals surface area contributed by atoms with Gasteiger partial charge in [-0.25, -0.2) is 9.97 Å². The summed E-state index contributed by atoms with van der Waals surface area (Å²) in [6.45, 7) is 0.665. The molecule has 0 bridgehead atoms. The van der Waals surface area contributed by atoms with Gasteiger partial charge in [0.2, 0.25) is 0 Å². The Bertz CT molecular complexity index is 1210. The van der Waals surface area contributed by atoms with E-state index in [1.54, 1.807) is 0 Å². The summed E-state index contributed by atoms with van der Waals surface area (Å²) in [5.74, 6) is 1.39. The highest BCUT2D eigenvalue weighted by atomic mass is 16.3. The van der Waals surface area contributed by atoms with Crippen molar-refractivity contribution in [3.05, 3.63) is 90.5 Å². The monoisotopic (exact) mass is 351 g/mol. The fourth-order valence-corrected chi connectivity index (χ4v) is 3.21. The van der Waals surface area contributed by atoms with Crippen LogP contribution in [0.25, 0.3) is 33.5 Å². The van der Waals surface area contributed by atoms with Gasteiger partial charge >= 0.3 is 0 Å². The summed E-state index contributed by atoms with van der Waals surface area (Å²) < 4.78 is 6.08. The molecular weight excluding hydrogens is 334 g/mol. The molecule has 5 rings (SSSR count). The van der Waals surface area contributed by atoms with Crippen LogP contribution >= 0.6 is 0 Å². The molecule has 130 valence electrons. The molecule has 4 nitrogen and oxygen atoms in total. The van der Waals surface area contributed by atoms with Gasteiger partial charge in [-0.2, -0.15) is 0 Å². The Labute approximate surface area is 156 Å². The Morgan fingerprint density at radius 2 is 1.44 bits per heavy atom. The van der Waals surface area contributed by atoms with Crippen LogP contribution in [0, 0.1) is 0 Å². The number of anilines is 1. The molecule has 2 aromatic heterocycles. The van der Waals surface area contributed by atoms with Crippen LogP contribution in [0.4, 0.5) is 5.82 Å². The molecule has 0 saturated carbocycles. The first-order valence-electron chi connectivity index (χ1n) is 8.91. The second kappa shape index (κ2) is 6.57. The van der Waals surface area contributed by atoms with Crippen molar-refractivity contribution in [1.29, 1.82) is 0 Å². The summed E-state index contributed by atoms with van der Waals surface area (Å²) >= 11 is 0. The summed E-state index contributed by atoms with van der Waals surface area (Å²) in [4.78, 5) is 9.57. The average Bonchev–Trinajstić information content (AvgIpc) is 3.12. The molecule has 27 heavy (non-hydrogen) atoms. The maximum atomic E-state index is 6.08. The minimum Gasteiger partial charge on any atom is -0.450 e. The zero-order valence-electron chi connectivity index (χ0n) is 14.6. The number of hydrogen-bond acceptors (Lipinski definition) is 4. The first-order valence-corrected chi connectivity index (χ1v) is 8.91. The van der Waals surface area contributed by atoms with Crippen LogP contribution in [-0.2, 0) is 6.54 Å². The number of para-hydroxylation sites is 1. The Kier molecular flexibility index (Phi) is 3.79. The smallest absolute Gasteiger partial charge is 0.196 e. The largest absolute Gasteiger partial charge is 0.450 e. The number of nitrogens with one attached hydrogen (secondary N) is 1. The Balaban J connectivity index is 1.67. The van der Waals surface area contributed by atoms with Crippen LogP contribution in [0.5, 0.6) is 0 Å². The van der Waals surface area contributed by atoms with Crippen LogP contribution in [0.3, 0.4) is 0 Å². The Morgan fingerprint density at radius 3 is 2.26 bits per heavy atom. The first-order chi connectivity index (χ1) is 13.4. The fourth-order valence-electron chi connectivity index (χ4n) is 3.21. The molecule has 0 spiro atoms. The minimum atomic E-state index is 0.665. The van der Waals surface area contributed by atoms with Crippen molar-refractivity contribution in [2.45, 2.75) is 6.54 Å². The van der Waals surface area contributed by atoms with Crippen molar-refractivity contribution in [2.75, 3.05) is 5.32 Å². The molecule has 1 N–H and O–H groups in total. The van der Waals surface area contributed by atoms with Crippen molar-refractivity contribution >= 4 is 27.9 Å². The van der Waals surface area contributed by atoms with E-state index < -0.39 is 0 Å². The van der Waals surface area contributed by atoms with Crippen molar-refractivity contribution in [3.8, 4) is 11.4 Å². The molecule has 4 heteroatoms. The normalized spacial score (nSPS) is 11.1. The number of benzene rings is 3. The molecule has 0 fully saturated rings. The topological polar surface area (TPSA) is 51.0 Å². The predicted octanol–water partition coefficient (Wildman–Crippen LogP) is 5.66. The van der Waals surface area contributed by atoms with E-state index in [9.17, 15) is 0 Å². The predicted molar refractivity (Wildman–Crippen MR) is 109 cm³/mol. The Hall–Kier alpha value is -3.66. The lowest BCUT2D eigenvalue weighted by Gasteiger charge is -2.08. The number of furan rings is 1. The van der Waals surface area contributed by atoms with E-state index >= 15 is 0 Å². The number of fused-ring (bicyclic) bond motifs is 3. The van der Waals surface area contributed by atoms with Crippen molar-refractivity contribution in [3.63, 3.8) is 0 Å². The molecule has 0 aliphatic heterocycles. The van der Waals surface area contributed by atoms with E-state index in [0.29, 0.717) is 23.8 Å². The van der Waals surface area contributed by atoms with E-state index in [-0.39, 0.29) is 0 Å². The van der Waals surface area contributed by atoms with Gasteiger partial charge in [0.05, 0.1) is 0 Å². The fraction of sp³-hybridized carbons (Fsp3) is 0.0435. The number of hydrogen-bond donors (Lipinski definition) is 1. The maximum absolute atomic E-state index is 6.08. The number of aromatic nitrogens is 2. The molecular formula is C23H17N3O. The van der Waals surface area contributed by atoms with E-state index in [2.05, 4.69) is 17.4 Å². The lowest BCUT2D eigenvalue weighted by atomic mass is 10.2. The summed E-state index contributed by atoms with van der Waals surface area (Å²) in [5, 5.41) is 4.43. The van der Waals surface area contributed by atoms with Crippen LogP contribution in [-0.4, -0.2) is 9.97 Å². The first kappa shape index (κ1) is 15.6. The van der Waals surface area contributed by atoms with Crippen molar-refractivity contribution in [2.24, 2.45) is 0 Å². The number of rotatable bonds is 4. The van der Waals surface area contributed by atoms with Gasteiger partial charge in [0.1, 0.15) is 11.1 Å². The summed E-state index contributed by atoms with van der Waals surface area (Å²) in [7, 11) is 0. The van der Waals surface area contributed by atoms with Crippen LogP contribution in [0.2, 0.25) is 0 Å². The maximum Gasteiger partial charge on any atom is 0.196 e. The third kappa shape index (κ3) is 2.91. The molecule has 0 saturated heterocycles. The summed E-state index contributed by atoms with van der Waals surface area (Å²) in [5.41, 5.74) is 4.49. The van der Waals surface area contributed by atoms with Gasteiger partial charge in [-0.3, -0.25) is 0 Å².